The summed E-state index contributed by atoms with van der Waals surface area (Å²) in [5, 5.41) is 16.4. The molecule has 0 saturated carbocycles. The monoisotopic (exact) mass is 603 g/mol. The standard InChI is InChI=1S/C25H30N7O9P/c1-2-27-25(35)31-22-19-23(29-12-28-22)32(13-30-19)24-21-20(40-18(41-21)9-8-15-6-4-3-5-7-15)16(39-24)11-38-42(36,37)14-26-10-17(33)34/h3-9,12-13,16,18,20-21,24,26H,2,10-11,14H2,1H3,(H,33,34)(H,36,37)(H2,27,28,29,31,35)/t16-,18+,20?,21+,24-/m1/s1. The number of imidazole rings is 1. The lowest BCUT2D eigenvalue weighted by atomic mass is 10.1. The number of rotatable bonds is 12. The highest BCUT2D eigenvalue weighted by molar-refractivity contribution is 7.52. The van der Waals surface area contributed by atoms with E-state index in [-0.39, 0.29) is 12.4 Å². The van der Waals surface area contributed by atoms with Crippen LogP contribution in [-0.4, -0.2) is 92.1 Å². The van der Waals surface area contributed by atoms with E-state index in [2.05, 4.69) is 30.9 Å². The second kappa shape index (κ2) is 13.0. The van der Waals surface area contributed by atoms with Gasteiger partial charge in [-0.3, -0.25) is 24.6 Å². The molecular formula is C25H30N7O9P. The number of carbonyl (C=O) groups is 2. The summed E-state index contributed by atoms with van der Waals surface area (Å²) < 4.78 is 37.9. The van der Waals surface area contributed by atoms with Crippen molar-refractivity contribution in [2.24, 2.45) is 0 Å². The maximum atomic E-state index is 12.5. The first-order valence-corrected chi connectivity index (χ1v) is 14.8. The van der Waals surface area contributed by atoms with Gasteiger partial charge in [-0.05, 0) is 18.6 Å². The molecule has 0 radical (unpaired) electrons. The minimum absolute atomic E-state index is 0.196. The Morgan fingerprint density at radius 3 is 2.69 bits per heavy atom. The molecule has 224 valence electrons. The van der Waals surface area contributed by atoms with Gasteiger partial charge in [0.1, 0.15) is 24.6 Å². The van der Waals surface area contributed by atoms with E-state index in [1.54, 1.807) is 17.6 Å². The van der Waals surface area contributed by atoms with E-state index in [1.165, 1.54) is 12.7 Å². The average molecular weight is 604 g/mol. The molecule has 1 aromatic carbocycles. The zero-order chi connectivity index (χ0) is 29.7. The molecule has 42 heavy (non-hydrogen) atoms. The van der Waals surface area contributed by atoms with E-state index in [0.717, 1.165) is 5.56 Å². The third-order valence-corrected chi connectivity index (χ3v) is 7.52. The van der Waals surface area contributed by atoms with Gasteiger partial charge in [-0.1, -0.05) is 36.4 Å². The number of ether oxygens (including phenoxy) is 3. The fourth-order valence-corrected chi connectivity index (χ4v) is 5.41. The van der Waals surface area contributed by atoms with Crippen molar-refractivity contribution >= 4 is 42.7 Å². The summed E-state index contributed by atoms with van der Waals surface area (Å²) in [5.41, 5.74) is 1.60. The Balaban J connectivity index is 1.37. The van der Waals surface area contributed by atoms with E-state index in [1.807, 2.05) is 36.4 Å². The molecule has 6 atom stereocenters. The lowest BCUT2D eigenvalue weighted by molar-refractivity contribution is -0.135. The molecule has 5 N–H and O–H groups in total. The number of anilines is 1. The highest BCUT2D eigenvalue weighted by atomic mass is 31.2. The minimum atomic E-state index is -4.20. The van der Waals surface area contributed by atoms with E-state index in [4.69, 9.17) is 23.8 Å². The van der Waals surface area contributed by atoms with Gasteiger partial charge in [-0.25, -0.2) is 19.7 Å². The topological polar surface area (TPSA) is 208 Å². The van der Waals surface area contributed by atoms with Crippen LogP contribution in [0.15, 0.2) is 49.1 Å². The molecule has 2 unspecified atom stereocenters. The molecule has 0 bridgehead atoms. The van der Waals surface area contributed by atoms with Crippen molar-refractivity contribution in [1.82, 2.24) is 30.2 Å². The number of hydrogen-bond donors (Lipinski definition) is 5. The number of fused-ring (bicyclic) bond motifs is 2. The summed E-state index contributed by atoms with van der Waals surface area (Å²) in [7, 11) is -4.20. The molecule has 2 saturated heterocycles. The molecule has 2 amide bonds. The van der Waals surface area contributed by atoms with Crippen LogP contribution in [-0.2, 0) is 28.1 Å². The normalized spacial score (nSPS) is 25.0. The van der Waals surface area contributed by atoms with Crippen molar-refractivity contribution in [3.8, 4) is 0 Å². The van der Waals surface area contributed by atoms with Crippen LogP contribution < -0.4 is 16.0 Å². The van der Waals surface area contributed by atoms with Crippen LogP contribution in [0.5, 0.6) is 0 Å². The molecule has 4 heterocycles. The Kier molecular flexibility index (Phi) is 9.23. The fourth-order valence-electron chi connectivity index (χ4n) is 4.54. The number of aromatic nitrogens is 4. The summed E-state index contributed by atoms with van der Waals surface area (Å²) in [5.74, 6) is -0.979. The van der Waals surface area contributed by atoms with Gasteiger partial charge in [-0.2, -0.15) is 0 Å². The third kappa shape index (κ3) is 6.99. The van der Waals surface area contributed by atoms with Crippen molar-refractivity contribution in [3.05, 3.63) is 54.6 Å². The van der Waals surface area contributed by atoms with Crippen LogP contribution >= 0.6 is 7.60 Å². The molecule has 17 heteroatoms. The smallest absolute Gasteiger partial charge is 0.341 e. The lowest BCUT2D eigenvalue weighted by Gasteiger charge is -2.21. The van der Waals surface area contributed by atoms with Crippen molar-refractivity contribution in [2.75, 3.05) is 31.3 Å². The number of nitrogens with zero attached hydrogens (tertiary/aromatic N) is 4. The third-order valence-electron chi connectivity index (χ3n) is 6.34. The van der Waals surface area contributed by atoms with Gasteiger partial charge in [0.2, 0.25) is 0 Å². The molecule has 0 aliphatic carbocycles. The van der Waals surface area contributed by atoms with E-state index in [0.29, 0.717) is 17.7 Å². The molecule has 2 aliphatic rings. The van der Waals surface area contributed by atoms with Crippen LogP contribution in [0, 0.1) is 0 Å². The van der Waals surface area contributed by atoms with Gasteiger partial charge in [0.15, 0.2) is 29.5 Å². The fraction of sp³-hybridized carbons (Fsp3) is 0.400. The number of carboxylic acid groups (broad SMARTS) is 1. The molecule has 2 aliphatic heterocycles. The van der Waals surface area contributed by atoms with Crippen molar-refractivity contribution in [2.45, 2.75) is 37.8 Å². The first kappa shape index (κ1) is 29.7. The predicted molar refractivity (Wildman–Crippen MR) is 147 cm³/mol. The summed E-state index contributed by atoms with van der Waals surface area (Å²) in [6.07, 6.45) is 1.94. The minimum Gasteiger partial charge on any atom is -0.480 e. The zero-order valence-corrected chi connectivity index (χ0v) is 23.3. The number of carbonyl (C=O) groups excluding carboxylic acids is 1. The van der Waals surface area contributed by atoms with Gasteiger partial charge in [0, 0.05) is 6.54 Å². The first-order chi connectivity index (χ1) is 20.2. The molecule has 0 spiro atoms. The van der Waals surface area contributed by atoms with E-state index >= 15 is 0 Å². The van der Waals surface area contributed by atoms with E-state index < -0.39 is 63.3 Å². The van der Waals surface area contributed by atoms with Crippen molar-refractivity contribution in [1.29, 1.82) is 0 Å². The maximum absolute atomic E-state index is 12.5. The van der Waals surface area contributed by atoms with Crippen molar-refractivity contribution in [3.63, 3.8) is 0 Å². The van der Waals surface area contributed by atoms with Gasteiger partial charge >= 0.3 is 19.6 Å². The Bertz CT molecular complexity index is 1490. The van der Waals surface area contributed by atoms with Crippen LogP contribution in [0.25, 0.3) is 17.2 Å². The molecular weight excluding hydrogens is 573 g/mol. The number of urea groups is 1. The summed E-state index contributed by atoms with van der Waals surface area (Å²) in [6.45, 7) is 1.36. The SMILES string of the molecule is CCNC(=O)Nc1ncnc2c1ncn2[C@@H]1O[C@H](COP(=O)(O)CNCC(=O)O)C2O[C@H](C=Cc3ccccc3)O[C@@H]21. The molecule has 16 nitrogen and oxygen atoms in total. The van der Waals surface area contributed by atoms with Gasteiger partial charge in [0.25, 0.3) is 0 Å². The maximum Gasteiger partial charge on any atom is 0.341 e. The summed E-state index contributed by atoms with van der Waals surface area (Å²) in [4.78, 5) is 45.8. The van der Waals surface area contributed by atoms with Crippen LogP contribution in [0.1, 0.15) is 18.7 Å². The summed E-state index contributed by atoms with van der Waals surface area (Å²) >= 11 is 0. The highest BCUT2D eigenvalue weighted by Gasteiger charge is 2.53. The highest BCUT2D eigenvalue weighted by Crippen LogP contribution is 2.45. The van der Waals surface area contributed by atoms with Crippen LogP contribution in [0.4, 0.5) is 10.6 Å². The predicted octanol–water partition coefficient (Wildman–Crippen LogP) is 1.52. The van der Waals surface area contributed by atoms with Gasteiger partial charge in [-0.15, -0.1) is 0 Å². The molecule has 3 aromatic rings. The van der Waals surface area contributed by atoms with Crippen LogP contribution in [0.3, 0.4) is 0 Å². The van der Waals surface area contributed by atoms with Gasteiger partial charge in [0.05, 0.1) is 25.8 Å². The van der Waals surface area contributed by atoms with Crippen molar-refractivity contribution < 1.29 is 42.9 Å². The Morgan fingerprint density at radius 1 is 1.14 bits per heavy atom. The zero-order valence-electron chi connectivity index (χ0n) is 22.4. The number of hydrogen-bond acceptors (Lipinski definition) is 11. The largest absolute Gasteiger partial charge is 0.480 e. The summed E-state index contributed by atoms with van der Waals surface area (Å²) in [6, 6.07) is 9.12. The number of amides is 2. The van der Waals surface area contributed by atoms with Gasteiger partial charge < -0.3 is 34.1 Å². The first-order valence-electron chi connectivity index (χ1n) is 13.0. The number of benzene rings is 1. The second-order valence-electron chi connectivity index (χ2n) is 9.35. The number of aliphatic carboxylic acids is 1. The number of nitrogens with one attached hydrogen (secondary N) is 3. The molecule has 5 rings (SSSR count). The second-order valence-corrected chi connectivity index (χ2v) is 11.2. The molecule has 2 aromatic heterocycles. The van der Waals surface area contributed by atoms with E-state index in [9.17, 15) is 19.0 Å². The Morgan fingerprint density at radius 2 is 1.93 bits per heavy atom. The quantitative estimate of drug-likeness (QED) is 0.186. The van der Waals surface area contributed by atoms with Crippen LogP contribution in [0.2, 0.25) is 0 Å². The average Bonchev–Trinajstić information content (AvgIpc) is 3.65. The molecule has 2 fully saturated rings. The number of carboxylic acids is 1. The Labute approximate surface area is 239 Å². The Hall–Kier alpha value is -3.76. The lowest BCUT2D eigenvalue weighted by Crippen LogP contribution is -2.32.